The topological polar surface area (TPSA) is 84.8 Å². The van der Waals surface area contributed by atoms with Gasteiger partial charge in [-0.15, -0.1) is 0 Å². The first-order chi connectivity index (χ1) is 10.3. The van der Waals surface area contributed by atoms with Crippen LogP contribution in [0.15, 0.2) is 48.5 Å². The maximum Gasteiger partial charge on any atom is 0.149 e. The minimum atomic E-state index is -0.0397. The molecule has 0 spiro atoms. The Labute approximate surface area is 121 Å². The molecule has 0 aliphatic heterocycles. The van der Waals surface area contributed by atoms with E-state index in [1.54, 1.807) is 6.07 Å². The summed E-state index contributed by atoms with van der Waals surface area (Å²) in [7, 11) is 0. The van der Waals surface area contributed by atoms with Crippen molar-refractivity contribution in [3.8, 4) is 0 Å². The monoisotopic (exact) mass is 278 g/mol. The highest BCUT2D eigenvalue weighted by atomic mass is 16.5. The number of benzene rings is 2. The molecule has 0 saturated heterocycles. The molecule has 0 unspecified atom stereocenters. The van der Waals surface area contributed by atoms with Crippen LogP contribution in [0.1, 0.15) is 16.8 Å². The number of amidine groups is 1. The van der Waals surface area contributed by atoms with E-state index in [2.05, 4.69) is 10.2 Å². The Balaban J connectivity index is 1.98. The van der Waals surface area contributed by atoms with Crippen molar-refractivity contribution in [2.45, 2.75) is 0 Å². The highest BCUT2D eigenvalue weighted by molar-refractivity contribution is 6.00. The second-order valence-electron chi connectivity index (χ2n) is 4.56. The second-order valence-corrected chi connectivity index (χ2v) is 4.56. The summed E-state index contributed by atoms with van der Waals surface area (Å²) in [5.41, 5.74) is 5.14. The van der Waals surface area contributed by atoms with E-state index in [1.807, 2.05) is 60.1 Å². The molecule has 21 heavy (non-hydrogen) atoms. The summed E-state index contributed by atoms with van der Waals surface area (Å²) in [6.45, 7) is 0. The highest BCUT2D eigenvalue weighted by Gasteiger charge is 2.05. The lowest BCUT2D eigenvalue weighted by molar-refractivity contribution is 0.234. The molecule has 0 amide bonds. The number of rotatable bonds is 3. The predicted octanol–water partition coefficient (Wildman–Crippen LogP) is 3.04. The summed E-state index contributed by atoms with van der Waals surface area (Å²) < 4.78 is 0. The molecule has 0 atom stereocenters. The summed E-state index contributed by atoms with van der Waals surface area (Å²) in [5, 5.41) is 24.9. The average Bonchev–Trinajstić information content (AvgIpc) is 2.96. The fourth-order valence-corrected chi connectivity index (χ4v) is 2.21. The standard InChI is InChI=1S/C16H14N4O/c17-16(20-21)12-6-2-1-5-11(12)9-10-15-13-7-3-4-8-14(13)18-19-15/h1-10,21H,(H2,17,20)(H,18,19)/b10-9+. The SMILES string of the molecule is N=C(NO)c1ccccc1/C=C/c1n[nH]c2ccccc12. The lowest BCUT2D eigenvalue weighted by Crippen LogP contribution is -2.19. The van der Waals surface area contributed by atoms with Crippen molar-refractivity contribution in [2.75, 3.05) is 0 Å². The summed E-state index contributed by atoms with van der Waals surface area (Å²) in [5.74, 6) is -0.0397. The van der Waals surface area contributed by atoms with Crippen molar-refractivity contribution in [2.24, 2.45) is 0 Å². The van der Waals surface area contributed by atoms with Crippen LogP contribution < -0.4 is 5.48 Å². The fourth-order valence-electron chi connectivity index (χ4n) is 2.21. The molecule has 3 aromatic rings. The minimum absolute atomic E-state index is 0.0397. The summed E-state index contributed by atoms with van der Waals surface area (Å²) in [4.78, 5) is 0. The number of aromatic nitrogens is 2. The van der Waals surface area contributed by atoms with E-state index >= 15 is 0 Å². The van der Waals surface area contributed by atoms with Crippen molar-refractivity contribution in [1.82, 2.24) is 15.7 Å². The number of hydrogen-bond donors (Lipinski definition) is 4. The van der Waals surface area contributed by atoms with E-state index in [0.29, 0.717) is 5.56 Å². The zero-order valence-corrected chi connectivity index (χ0v) is 11.2. The first kappa shape index (κ1) is 13.1. The Hall–Kier alpha value is -2.92. The van der Waals surface area contributed by atoms with Crippen molar-refractivity contribution in [3.63, 3.8) is 0 Å². The second kappa shape index (κ2) is 5.60. The number of aromatic amines is 1. The molecule has 5 heteroatoms. The van der Waals surface area contributed by atoms with Crippen LogP contribution in [0.5, 0.6) is 0 Å². The van der Waals surface area contributed by atoms with E-state index in [9.17, 15) is 0 Å². The minimum Gasteiger partial charge on any atom is -0.290 e. The van der Waals surface area contributed by atoms with Gasteiger partial charge in [0.15, 0.2) is 0 Å². The molecule has 4 N–H and O–H groups in total. The van der Waals surface area contributed by atoms with Crippen LogP contribution in [0.3, 0.4) is 0 Å². The largest absolute Gasteiger partial charge is 0.290 e. The average molecular weight is 278 g/mol. The molecule has 0 saturated carbocycles. The lowest BCUT2D eigenvalue weighted by atomic mass is 10.1. The Morgan fingerprint density at radius 2 is 1.86 bits per heavy atom. The van der Waals surface area contributed by atoms with E-state index in [-0.39, 0.29) is 5.84 Å². The van der Waals surface area contributed by atoms with Crippen LogP contribution in [0.4, 0.5) is 0 Å². The quantitative estimate of drug-likeness (QED) is 0.337. The van der Waals surface area contributed by atoms with Gasteiger partial charge in [0.1, 0.15) is 5.84 Å². The third-order valence-corrected chi connectivity index (χ3v) is 3.26. The Kier molecular flexibility index (Phi) is 3.49. The van der Waals surface area contributed by atoms with Gasteiger partial charge in [0.05, 0.1) is 11.2 Å². The summed E-state index contributed by atoms with van der Waals surface area (Å²) in [6, 6.07) is 15.3. The van der Waals surface area contributed by atoms with Crippen LogP contribution >= 0.6 is 0 Å². The van der Waals surface area contributed by atoms with Crippen molar-refractivity contribution in [3.05, 3.63) is 65.4 Å². The maximum absolute atomic E-state index is 8.89. The zero-order chi connectivity index (χ0) is 14.7. The van der Waals surface area contributed by atoms with Crippen LogP contribution in [-0.2, 0) is 0 Å². The van der Waals surface area contributed by atoms with Gasteiger partial charge in [-0.3, -0.25) is 21.2 Å². The van der Waals surface area contributed by atoms with Gasteiger partial charge in [-0.05, 0) is 17.7 Å². The number of nitrogens with zero attached hydrogens (tertiary/aromatic N) is 1. The predicted molar refractivity (Wildman–Crippen MR) is 83.2 cm³/mol. The Morgan fingerprint density at radius 1 is 1.10 bits per heavy atom. The van der Waals surface area contributed by atoms with E-state index in [1.165, 1.54) is 0 Å². The van der Waals surface area contributed by atoms with Crippen molar-refractivity contribution < 1.29 is 5.21 Å². The first-order valence-electron chi connectivity index (χ1n) is 6.49. The lowest BCUT2D eigenvalue weighted by Gasteiger charge is -2.05. The molecule has 0 fully saturated rings. The van der Waals surface area contributed by atoms with Crippen LogP contribution in [0, 0.1) is 5.41 Å². The molecule has 0 aliphatic rings. The van der Waals surface area contributed by atoms with E-state index in [4.69, 9.17) is 10.6 Å². The molecule has 2 aromatic carbocycles. The first-order valence-corrected chi connectivity index (χ1v) is 6.49. The number of para-hydroxylation sites is 1. The highest BCUT2D eigenvalue weighted by Crippen LogP contribution is 2.18. The summed E-state index contributed by atoms with van der Waals surface area (Å²) in [6.07, 6.45) is 3.77. The number of H-pyrrole nitrogens is 1. The molecule has 0 aliphatic carbocycles. The number of nitrogens with one attached hydrogen (secondary N) is 3. The molecule has 104 valence electrons. The van der Waals surface area contributed by atoms with Crippen LogP contribution in [0.2, 0.25) is 0 Å². The fraction of sp³-hybridized carbons (Fsp3) is 0. The van der Waals surface area contributed by atoms with Gasteiger partial charge in [-0.1, -0.05) is 48.5 Å². The molecule has 0 radical (unpaired) electrons. The van der Waals surface area contributed by atoms with Crippen molar-refractivity contribution >= 4 is 28.9 Å². The van der Waals surface area contributed by atoms with Gasteiger partial charge in [0.25, 0.3) is 0 Å². The molecular formula is C16H14N4O. The maximum atomic E-state index is 8.89. The molecule has 1 heterocycles. The molecule has 0 bridgehead atoms. The zero-order valence-electron chi connectivity index (χ0n) is 11.2. The van der Waals surface area contributed by atoms with Gasteiger partial charge in [-0.25, -0.2) is 0 Å². The molecular weight excluding hydrogens is 264 g/mol. The molecule has 3 rings (SSSR count). The third-order valence-electron chi connectivity index (χ3n) is 3.26. The molecule has 1 aromatic heterocycles. The number of fused-ring (bicyclic) bond motifs is 1. The molecule has 5 nitrogen and oxygen atoms in total. The van der Waals surface area contributed by atoms with Crippen molar-refractivity contribution in [1.29, 1.82) is 5.41 Å². The number of hydroxylamine groups is 1. The third kappa shape index (κ3) is 2.54. The van der Waals surface area contributed by atoms with E-state index < -0.39 is 0 Å². The van der Waals surface area contributed by atoms with E-state index in [0.717, 1.165) is 22.2 Å². The Bertz CT molecular complexity index is 820. The van der Waals surface area contributed by atoms with Crippen LogP contribution in [0.25, 0.3) is 23.1 Å². The smallest absolute Gasteiger partial charge is 0.149 e. The van der Waals surface area contributed by atoms with Gasteiger partial charge >= 0.3 is 0 Å². The van der Waals surface area contributed by atoms with Crippen LogP contribution in [-0.4, -0.2) is 21.2 Å². The summed E-state index contributed by atoms with van der Waals surface area (Å²) >= 11 is 0. The normalized spacial score (nSPS) is 11.1. The van der Waals surface area contributed by atoms with Gasteiger partial charge in [0, 0.05) is 10.9 Å². The van der Waals surface area contributed by atoms with Gasteiger partial charge in [0.2, 0.25) is 0 Å². The van der Waals surface area contributed by atoms with Gasteiger partial charge < -0.3 is 0 Å². The Morgan fingerprint density at radius 3 is 2.71 bits per heavy atom. The van der Waals surface area contributed by atoms with Gasteiger partial charge in [-0.2, -0.15) is 5.10 Å². The number of hydrogen-bond acceptors (Lipinski definition) is 3.